The second-order valence-electron chi connectivity index (χ2n) is 3.05. The molecule has 0 amide bonds. The van der Waals surface area contributed by atoms with Crippen molar-refractivity contribution in [2.75, 3.05) is 5.73 Å². The van der Waals surface area contributed by atoms with E-state index >= 15 is 0 Å². The zero-order valence-corrected chi connectivity index (χ0v) is 7.82. The average molecular weight is 189 g/mol. The van der Waals surface area contributed by atoms with E-state index in [1.165, 1.54) is 13.0 Å². The molecule has 4 nitrogen and oxygen atoms in total. The Kier molecular flexibility index (Phi) is 2.85. The minimum Gasteiger partial charge on any atom is -0.399 e. The van der Waals surface area contributed by atoms with Crippen LogP contribution in [-0.4, -0.2) is 5.78 Å². The molecule has 1 aromatic rings. The van der Waals surface area contributed by atoms with E-state index in [0.717, 1.165) is 0 Å². The lowest BCUT2D eigenvalue weighted by Crippen LogP contribution is -2.19. The monoisotopic (exact) mass is 189 g/mol. The number of Topliss-reactive ketones (excluding diaryl/α,β-unsaturated/α-hetero) is 1. The lowest BCUT2D eigenvalue weighted by Gasteiger charge is -2.10. The fourth-order valence-electron chi connectivity index (χ4n) is 1.16. The molecule has 0 saturated heterocycles. The molecular weight excluding hydrogens is 178 g/mol. The molecule has 0 radical (unpaired) electrons. The molecule has 1 unspecified atom stereocenters. The number of hydrogen-bond acceptors (Lipinski definition) is 4. The molecule has 14 heavy (non-hydrogen) atoms. The highest BCUT2D eigenvalue weighted by molar-refractivity contribution is 5.83. The molecule has 72 valence electrons. The third-order valence-electron chi connectivity index (χ3n) is 1.97. The van der Waals surface area contributed by atoms with Crippen molar-refractivity contribution in [1.82, 2.24) is 0 Å². The molecule has 0 spiro atoms. The first-order valence-electron chi connectivity index (χ1n) is 4.12. The number of hydrogen-bond donors (Lipinski definition) is 2. The van der Waals surface area contributed by atoms with Crippen molar-refractivity contribution in [2.24, 2.45) is 5.73 Å². The maximum atomic E-state index is 11.0. The van der Waals surface area contributed by atoms with Gasteiger partial charge in [-0.3, -0.25) is 4.79 Å². The Bertz CT molecular complexity index is 406. The first kappa shape index (κ1) is 10.2. The van der Waals surface area contributed by atoms with Crippen molar-refractivity contribution in [1.29, 1.82) is 5.26 Å². The van der Waals surface area contributed by atoms with Crippen LogP contribution in [0.5, 0.6) is 0 Å². The van der Waals surface area contributed by atoms with E-state index in [9.17, 15) is 4.79 Å². The van der Waals surface area contributed by atoms with Crippen LogP contribution in [0, 0.1) is 11.3 Å². The summed E-state index contributed by atoms with van der Waals surface area (Å²) in [5.41, 5.74) is 12.5. The van der Waals surface area contributed by atoms with Gasteiger partial charge in [0.1, 0.15) is 0 Å². The highest BCUT2D eigenvalue weighted by atomic mass is 16.1. The fraction of sp³-hybridized carbons (Fsp3) is 0.200. The van der Waals surface area contributed by atoms with Gasteiger partial charge in [-0.1, -0.05) is 6.07 Å². The molecule has 1 rings (SSSR count). The van der Waals surface area contributed by atoms with Crippen LogP contribution in [0.3, 0.4) is 0 Å². The summed E-state index contributed by atoms with van der Waals surface area (Å²) in [6.45, 7) is 1.39. The van der Waals surface area contributed by atoms with Gasteiger partial charge in [-0.05, 0) is 24.6 Å². The summed E-state index contributed by atoms with van der Waals surface area (Å²) < 4.78 is 0. The summed E-state index contributed by atoms with van der Waals surface area (Å²) in [6, 6.07) is 5.96. The SMILES string of the molecule is CC(=O)C(N)c1ccc(N)cc1C#N. The van der Waals surface area contributed by atoms with Crippen molar-refractivity contribution >= 4 is 11.5 Å². The van der Waals surface area contributed by atoms with Crippen molar-refractivity contribution in [2.45, 2.75) is 13.0 Å². The second kappa shape index (κ2) is 3.90. The summed E-state index contributed by atoms with van der Waals surface area (Å²) in [7, 11) is 0. The van der Waals surface area contributed by atoms with Gasteiger partial charge in [0.2, 0.25) is 0 Å². The van der Waals surface area contributed by atoms with E-state index < -0.39 is 6.04 Å². The quantitative estimate of drug-likeness (QED) is 0.670. The van der Waals surface area contributed by atoms with Crippen LogP contribution in [0.2, 0.25) is 0 Å². The van der Waals surface area contributed by atoms with Crippen LogP contribution in [0.4, 0.5) is 5.69 Å². The van der Waals surface area contributed by atoms with Crippen LogP contribution in [0.15, 0.2) is 18.2 Å². The molecule has 4 N–H and O–H groups in total. The van der Waals surface area contributed by atoms with Crippen molar-refractivity contribution < 1.29 is 4.79 Å². The van der Waals surface area contributed by atoms with Gasteiger partial charge >= 0.3 is 0 Å². The van der Waals surface area contributed by atoms with Crippen LogP contribution in [-0.2, 0) is 4.79 Å². The third-order valence-corrected chi connectivity index (χ3v) is 1.97. The zero-order chi connectivity index (χ0) is 10.7. The zero-order valence-electron chi connectivity index (χ0n) is 7.82. The number of ketones is 1. The van der Waals surface area contributed by atoms with Gasteiger partial charge in [0.25, 0.3) is 0 Å². The normalized spacial score (nSPS) is 11.8. The first-order valence-corrected chi connectivity index (χ1v) is 4.12. The summed E-state index contributed by atoms with van der Waals surface area (Å²) >= 11 is 0. The molecular formula is C10H11N3O. The molecule has 0 bridgehead atoms. The fourth-order valence-corrected chi connectivity index (χ4v) is 1.16. The Morgan fingerprint density at radius 1 is 1.57 bits per heavy atom. The largest absolute Gasteiger partial charge is 0.399 e. The van der Waals surface area contributed by atoms with Gasteiger partial charge in [-0.25, -0.2) is 0 Å². The van der Waals surface area contributed by atoms with Gasteiger partial charge in [0, 0.05) is 5.69 Å². The number of nitrogens with zero attached hydrogens (tertiary/aromatic N) is 1. The van der Waals surface area contributed by atoms with Crippen LogP contribution in [0.1, 0.15) is 24.1 Å². The molecule has 1 aromatic carbocycles. The van der Waals surface area contributed by atoms with Crippen molar-refractivity contribution in [3.63, 3.8) is 0 Å². The standard InChI is InChI=1S/C10H11N3O/c1-6(14)10(13)9-3-2-8(12)4-7(9)5-11/h2-4,10H,12-13H2,1H3. The third kappa shape index (κ3) is 1.90. The van der Waals surface area contributed by atoms with Gasteiger partial charge in [0.05, 0.1) is 17.7 Å². The topological polar surface area (TPSA) is 92.9 Å². The minimum absolute atomic E-state index is 0.175. The molecule has 0 aliphatic carbocycles. The maximum Gasteiger partial charge on any atom is 0.151 e. The number of anilines is 1. The first-order chi connectivity index (χ1) is 6.56. The number of benzene rings is 1. The van der Waals surface area contributed by atoms with E-state index in [2.05, 4.69) is 0 Å². The van der Waals surface area contributed by atoms with E-state index in [-0.39, 0.29) is 5.78 Å². The van der Waals surface area contributed by atoms with E-state index in [1.54, 1.807) is 12.1 Å². The van der Waals surface area contributed by atoms with Gasteiger partial charge in [-0.2, -0.15) is 5.26 Å². The van der Waals surface area contributed by atoms with Crippen molar-refractivity contribution in [3.05, 3.63) is 29.3 Å². The summed E-state index contributed by atoms with van der Waals surface area (Å²) in [6.07, 6.45) is 0. The molecule has 0 heterocycles. The number of carbonyl (C=O) groups excluding carboxylic acids is 1. The minimum atomic E-state index is -0.745. The second-order valence-corrected chi connectivity index (χ2v) is 3.05. The lowest BCUT2D eigenvalue weighted by molar-refractivity contribution is -0.118. The maximum absolute atomic E-state index is 11.0. The van der Waals surface area contributed by atoms with E-state index in [1.807, 2.05) is 6.07 Å². The number of nitrogens with two attached hydrogens (primary N) is 2. The molecule has 1 atom stereocenters. The highest BCUT2D eigenvalue weighted by Gasteiger charge is 2.14. The van der Waals surface area contributed by atoms with Gasteiger partial charge in [0.15, 0.2) is 5.78 Å². The summed E-state index contributed by atoms with van der Waals surface area (Å²) in [4.78, 5) is 11.0. The van der Waals surface area contributed by atoms with Crippen LogP contribution < -0.4 is 11.5 Å². The molecule has 0 fully saturated rings. The molecule has 0 aliphatic rings. The van der Waals surface area contributed by atoms with Crippen molar-refractivity contribution in [3.8, 4) is 6.07 Å². The lowest BCUT2D eigenvalue weighted by atomic mass is 9.99. The molecule has 0 aromatic heterocycles. The summed E-state index contributed by atoms with van der Waals surface area (Å²) in [5, 5.41) is 8.80. The van der Waals surface area contributed by atoms with E-state index in [4.69, 9.17) is 16.7 Å². The summed E-state index contributed by atoms with van der Waals surface area (Å²) in [5.74, 6) is -0.175. The molecule has 0 aliphatic heterocycles. The predicted molar refractivity (Wildman–Crippen MR) is 53.2 cm³/mol. The van der Waals surface area contributed by atoms with Crippen LogP contribution in [0.25, 0.3) is 0 Å². The molecule has 0 saturated carbocycles. The predicted octanol–water partition coefficient (Wildman–Crippen LogP) is 0.729. The smallest absolute Gasteiger partial charge is 0.151 e. The van der Waals surface area contributed by atoms with E-state index in [0.29, 0.717) is 16.8 Å². The highest BCUT2D eigenvalue weighted by Crippen LogP contribution is 2.18. The number of carbonyl (C=O) groups is 1. The Morgan fingerprint density at radius 2 is 2.21 bits per heavy atom. The molecule has 4 heteroatoms. The average Bonchev–Trinajstić information content (AvgIpc) is 2.16. The Labute approximate surface area is 82.1 Å². The Morgan fingerprint density at radius 3 is 2.71 bits per heavy atom. The van der Waals surface area contributed by atoms with Gasteiger partial charge < -0.3 is 11.5 Å². The van der Waals surface area contributed by atoms with Gasteiger partial charge in [-0.15, -0.1) is 0 Å². The number of nitriles is 1. The Hall–Kier alpha value is -1.86. The number of rotatable bonds is 2. The Balaban J connectivity index is 3.22. The van der Waals surface area contributed by atoms with Crippen LogP contribution >= 0.6 is 0 Å². The number of nitrogen functional groups attached to an aromatic ring is 1.